The van der Waals surface area contributed by atoms with E-state index in [2.05, 4.69) is 13.8 Å². The Kier molecular flexibility index (Phi) is 23.9. The second-order valence-electron chi connectivity index (χ2n) is 9.73. The zero-order valence-electron chi connectivity index (χ0n) is 21.8. The molecular weight excluding hydrogens is 432 g/mol. The summed E-state index contributed by atoms with van der Waals surface area (Å²) in [5.74, 6) is -1.71. The fourth-order valence-corrected chi connectivity index (χ4v) is 5.57. The highest BCUT2D eigenvalue weighted by atomic mass is 32.2. The van der Waals surface area contributed by atoms with Crippen LogP contribution in [0.2, 0.25) is 0 Å². The molecule has 0 saturated heterocycles. The Balaban J connectivity index is 3.93. The molecule has 0 aromatic heterocycles. The highest BCUT2D eigenvalue weighted by molar-refractivity contribution is 8.01. The van der Waals surface area contributed by atoms with Crippen LogP contribution in [0.1, 0.15) is 155 Å². The van der Waals surface area contributed by atoms with Gasteiger partial charge in [-0.3, -0.25) is 9.59 Å². The molecule has 0 aromatic carbocycles. The van der Waals surface area contributed by atoms with E-state index in [0.717, 1.165) is 38.5 Å². The molecule has 0 rings (SSSR count). The smallest absolute Gasteiger partial charge is 0.316 e. The second-order valence-corrected chi connectivity index (χ2v) is 11.1. The number of aliphatic carboxylic acids is 2. The van der Waals surface area contributed by atoms with Gasteiger partial charge in [0.05, 0.1) is 0 Å². The molecule has 5 heteroatoms. The molecule has 0 heterocycles. The van der Waals surface area contributed by atoms with Gasteiger partial charge in [-0.15, -0.1) is 11.8 Å². The van der Waals surface area contributed by atoms with Crippen LogP contribution in [-0.4, -0.2) is 32.7 Å². The van der Waals surface area contributed by atoms with Gasteiger partial charge in [0.25, 0.3) is 0 Å². The van der Waals surface area contributed by atoms with Crippen molar-refractivity contribution in [1.29, 1.82) is 0 Å². The minimum Gasteiger partial charge on any atom is -0.480 e. The van der Waals surface area contributed by atoms with Crippen molar-refractivity contribution in [3.8, 4) is 0 Å². The monoisotopic (exact) mass is 486 g/mol. The normalized spacial score (nSPS) is 13.2. The molecule has 0 radical (unpaired) electrons. The van der Waals surface area contributed by atoms with Crippen molar-refractivity contribution in [1.82, 2.24) is 0 Å². The highest BCUT2D eigenvalue weighted by Crippen LogP contribution is 2.27. The molecule has 2 unspecified atom stereocenters. The lowest BCUT2D eigenvalue weighted by atomic mass is 10.1. The molecule has 0 bridgehead atoms. The van der Waals surface area contributed by atoms with Crippen molar-refractivity contribution in [3.05, 3.63) is 0 Å². The standard InChI is InChI=1S/C28H54O4S/c1-3-5-7-9-11-13-15-17-19-21-23-25(27(29)30)33-26(28(31)32)24-22-20-18-16-14-12-10-8-6-4-2/h25-26H,3-24H2,1-2H3,(H,29,30)(H,31,32). The molecule has 0 aliphatic rings. The average molecular weight is 487 g/mol. The average Bonchev–Trinajstić information content (AvgIpc) is 2.79. The lowest BCUT2D eigenvalue weighted by Crippen LogP contribution is -2.25. The SMILES string of the molecule is CCCCCCCCCCCCC(SC(CCCCCCCCCCCC)C(=O)O)C(=O)O. The van der Waals surface area contributed by atoms with Gasteiger partial charge in [0.15, 0.2) is 0 Å². The van der Waals surface area contributed by atoms with Crippen molar-refractivity contribution in [3.63, 3.8) is 0 Å². The highest BCUT2D eigenvalue weighted by Gasteiger charge is 2.27. The van der Waals surface area contributed by atoms with Crippen LogP contribution in [0.15, 0.2) is 0 Å². The van der Waals surface area contributed by atoms with E-state index in [4.69, 9.17) is 0 Å². The lowest BCUT2D eigenvalue weighted by Gasteiger charge is -2.18. The predicted octanol–water partition coefficient (Wildman–Crippen LogP) is 9.25. The van der Waals surface area contributed by atoms with E-state index < -0.39 is 22.4 Å². The minimum absolute atomic E-state index is 0.582. The first-order chi connectivity index (χ1) is 16.0. The van der Waals surface area contributed by atoms with E-state index >= 15 is 0 Å². The van der Waals surface area contributed by atoms with Gasteiger partial charge in [-0.05, 0) is 12.8 Å². The summed E-state index contributed by atoms with van der Waals surface area (Å²) >= 11 is 1.17. The molecular formula is C28H54O4S. The summed E-state index contributed by atoms with van der Waals surface area (Å²) in [5, 5.41) is 18.0. The number of carbonyl (C=O) groups is 2. The van der Waals surface area contributed by atoms with Gasteiger partial charge in [0.2, 0.25) is 0 Å². The van der Waals surface area contributed by atoms with Crippen LogP contribution in [0, 0.1) is 0 Å². The molecule has 33 heavy (non-hydrogen) atoms. The maximum atomic E-state index is 11.7. The fourth-order valence-electron chi connectivity index (χ4n) is 4.33. The van der Waals surface area contributed by atoms with Gasteiger partial charge in [-0.1, -0.05) is 142 Å². The van der Waals surface area contributed by atoms with Crippen LogP contribution in [0.4, 0.5) is 0 Å². The number of hydrogen-bond donors (Lipinski definition) is 2. The summed E-state index contributed by atoms with van der Waals surface area (Å²) in [7, 11) is 0. The van der Waals surface area contributed by atoms with Gasteiger partial charge in [0.1, 0.15) is 10.5 Å². The van der Waals surface area contributed by atoms with Crippen molar-refractivity contribution >= 4 is 23.7 Å². The number of carboxylic acids is 2. The molecule has 0 amide bonds. The third-order valence-electron chi connectivity index (χ3n) is 6.52. The maximum Gasteiger partial charge on any atom is 0.316 e. The molecule has 0 saturated carbocycles. The minimum atomic E-state index is -0.856. The Morgan fingerprint density at radius 1 is 0.485 bits per heavy atom. The van der Waals surface area contributed by atoms with Crippen molar-refractivity contribution in [2.45, 2.75) is 166 Å². The van der Waals surface area contributed by atoms with Crippen LogP contribution in [-0.2, 0) is 9.59 Å². The molecule has 4 nitrogen and oxygen atoms in total. The summed E-state index contributed by atoms with van der Waals surface area (Å²) in [4.78, 5) is 23.4. The topological polar surface area (TPSA) is 74.6 Å². The summed E-state index contributed by atoms with van der Waals surface area (Å²) in [6, 6.07) is 0. The number of rotatable bonds is 26. The quantitative estimate of drug-likeness (QED) is 0.119. The van der Waals surface area contributed by atoms with Gasteiger partial charge in [-0.25, -0.2) is 0 Å². The van der Waals surface area contributed by atoms with Gasteiger partial charge in [-0.2, -0.15) is 0 Å². The number of unbranched alkanes of at least 4 members (excludes halogenated alkanes) is 18. The van der Waals surface area contributed by atoms with Crippen LogP contribution >= 0.6 is 11.8 Å². The van der Waals surface area contributed by atoms with E-state index in [1.807, 2.05) is 0 Å². The van der Waals surface area contributed by atoms with Crippen LogP contribution < -0.4 is 0 Å². The second kappa shape index (κ2) is 24.4. The fraction of sp³-hybridized carbons (Fsp3) is 0.929. The third-order valence-corrected chi connectivity index (χ3v) is 8.05. The number of carboxylic acid groups (broad SMARTS) is 2. The Labute approximate surface area is 209 Å². The summed E-state index contributed by atoms with van der Waals surface area (Å²) < 4.78 is 0. The predicted molar refractivity (Wildman–Crippen MR) is 143 cm³/mol. The molecule has 0 aliphatic heterocycles. The zero-order valence-corrected chi connectivity index (χ0v) is 22.6. The van der Waals surface area contributed by atoms with E-state index in [1.54, 1.807) is 0 Å². The first-order valence-corrected chi connectivity index (χ1v) is 15.1. The summed E-state index contributed by atoms with van der Waals surface area (Å²) in [6.45, 7) is 4.47. The van der Waals surface area contributed by atoms with Gasteiger partial charge >= 0.3 is 11.9 Å². The molecule has 2 N–H and O–H groups in total. The summed E-state index contributed by atoms with van der Waals surface area (Å²) in [5.41, 5.74) is 0. The van der Waals surface area contributed by atoms with Crippen molar-refractivity contribution in [2.24, 2.45) is 0 Å². The van der Waals surface area contributed by atoms with Gasteiger partial charge in [0, 0.05) is 0 Å². The Morgan fingerprint density at radius 3 is 0.970 bits per heavy atom. The molecule has 0 spiro atoms. The van der Waals surface area contributed by atoms with E-state index in [0.29, 0.717) is 12.8 Å². The molecule has 196 valence electrons. The van der Waals surface area contributed by atoms with Crippen LogP contribution in [0.3, 0.4) is 0 Å². The maximum absolute atomic E-state index is 11.7. The van der Waals surface area contributed by atoms with E-state index in [-0.39, 0.29) is 0 Å². The largest absolute Gasteiger partial charge is 0.480 e. The molecule has 0 fully saturated rings. The van der Waals surface area contributed by atoms with Gasteiger partial charge < -0.3 is 10.2 Å². The van der Waals surface area contributed by atoms with Crippen molar-refractivity contribution in [2.75, 3.05) is 0 Å². The first-order valence-electron chi connectivity index (χ1n) is 14.1. The Hall–Kier alpha value is -0.710. The van der Waals surface area contributed by atoms with Crippen LogP contribution in [0.5, 0.6) is 0 Å². The molecule has 0 aliphatic carbocycles. The van der Waals surface area contributed by atoms with Crippen molar-refractivity contribution < 1.29 is 19.8 Å². The van der Waals surface area contributed by atoms with Crippen LogP contribution in [0.25, 0.3) is 0 Å². The zero-order chi connectivity index (χ0) is 24.6. The third kappa shape index (κ3) is 21.6. The summed E-state index contributed by atoms with van der Waals surface area (Å²) in [6.07, 6.45) is 25.6. The first kappa shape index (κ1) is 32.3. The lowest BCUT2D eigenvalue weighted by molar-refractivity contribution is -0.136. The Bertz CT molecular complexity index is 415. The molecule has 0 aromatic rings. The Morgan fingerprint density at radius 2 is 0.727 bits per heavy atom. The van der Waals surface area contributed by atoms with E-state index in [1.165, 1.54) is 102 Å². The number of thioether (sulfide) groups is 1. The molecule has 2 atom stereocenters. The number of hydrogen-bond acceptors (Lipinski definition) is 3. The van der Waals surface area contributed by atoms with E-state index in [9.17, 15) is 19.8 Å².